The van der Waals surface area contributed by atoms with E-state index < -0.39 is 0 Å². The van der Waals surface area contributed by atoms with Gasteiger partial charge in [-0.1, -0.05) is 42.2 Å². The fourth-order valence-corrected chi connectivity index (χ4v) is 4.20. The van der Waals surface area contributed by atoms with Crippen LogP contribution in [0.15, 0.2) is 33.7 Å². The van der Waals surface area contributed by atoms with E-state index >= 15 is 0 Å². The summed E-state index contributed by atoms with van der Waals surface area (Å²) in [6.45, 7) is 4.41. The Labute approximate surface area is 158 Å². The molecule has 0 aliphatic rings. The van der Waals surface area contributed by atoms with Crippen molar-refractivity contribution in [3.05, 3.63) is 40.4 Å². The van der Waals surface area contributed by atoms with Crippen molar-refractivity contribution in [1.82, 2.24) is 19.7 Å². The van der Waals surface area contributed by atoms with Crippen LogP contribution in [-0.4, -0.2) is 31.4 Å². The SMILES string of the molecule is CCSc1nnc(NC(=O)CCCn2cnc3c(C)cccc3c2=O)s1. The zero-order chi connectivity index (χ0) is 18.5. The number of para-hydroxylation sites is 1. The Morgan fingerprint density at radius 1 is 1.35 bits per heavy atom. The summed E-state index contributed by atoms with van der Waals surface area (Å²) in [4.78, 5) is 28.9. The normalized spacial score (nSPS) is 11.0. The summed E-state index contributed by atoms with van der Waals surface area (Å²) in [6, 6.07) is 5.56. The Balaban J connectivity index is 1.57. The summed E-state index contributed by atoms with van der Waals surface area (Å²) >= 11 is 2.95. The molecular weight excluding hydrogens is 370 g/mol. The Morgan fingerprint density at radius 2 is 2.19 bits per heavy atom. The smallest absolute Gasteiger partial charge is 0.261 e. The lowest BCUT2D eigenvalue weighted by atomic mass is 10.1. The van der Waals surface area contributed by atoms with Crippen LogP contribution in [-0.2, 0) is 11.3 Å². The molecule has 0 bridgehead atoms. The molecule has 0 unspecified atom stereocenters. The second kappa shape index (κ2) is 8.41. The molecule has 0 fully saturated rings. The first kappa shape index (κ1) is 18.5. The topological polar surface area (TPSA) is 89.8 Å². The predicted molar refractivity (Wildman–Crippen MR) is 105 cm³/mol. The van der Waals surface area contributed by atoms with E-state index in [1.807, 2.05) is 26.0 Å². The molecule has 1 aromatic carbocycles. The van der Waals surface area contributed by atoms with Gasteiger partial charge in [0.25, 0.3) is 5.56 Å². The van der Waals surface area contributed by atoms with Crippen molar-refractivity contribution in [2.75, 3.05) is 11.1 Å². The summed E-state index contributed by atoms with van der Waals surface area (Å²) in [6.07, 6.45) is 2.39. The fraction of sp³-hybridized carbons (Fsp3) is 0.353. The number of rotatable bonds is 7. The molecule has 2 aromatic heterocycles. The number of amides is 1. The third-order valence-corrected chi connectivity index (χ3v) is 5.63. The standard InChI is InChI=1S/C17H19N5O2S2/c1-3-25-17-21-20-16(26-17)19-13(23)8-5-9-22-10-18-14-11(2)6-4-7-12(14)15(22)24/h4,6-7,10H,3,5,8-9H2,1-2H3,(H,19,20,23). The molecule has 1 N–H and O–H groups in total. The van der Waals surface area contributed by atoms with E-state index in [9.17, 15) is 9.59 Å². The Kier molecular flexibility index (Phi) is 6.00. The van der Waals surface area contributed by atoms with Crippen LogP contribution in [0.2, 0.25) is 0 Å². The number of hydrogen-bond acceptors (Lipinski definition) is 7. The van der Waals surface area contributed by atoms with Gasteiger partial charge in [0.2, 0.25) is 11.0 Å². The van der Waals surface area contributed by atoms with E-state index in [-0.39, 0.29) is 11.5 Å². The van der Waals surface area contributed by atoms with Crippen molar-refractivity contribution in [2.24, 2.45) is 0 Å². The number of hydrogen-bond donors (Lipinski definition) is 1. The number of thioether (sulfide) groups is 1. The average Bonchev–Trinajstić information content (AvgIpc) is 3.05. The van der Waals surface area contributed by atoms with Gasteiger partial charge in [-0.05, 0) is 30.7 Å². The summed E-state index contributed by atoms with van der Waals surface area (Å²) in [5.41, 5.74) is 1.62. The van der Waals surface area contributed by atoms with Crippen molar-refractivity contribution >= 4 is 45.0 Å². The van der Waals surface area contributed by atoms with Crippen LogP contribution >= 0.6 is 23.1 Å². The van der Waals surface area contributed by atoms with Gasteiger partial charge in [0.15, 0.2) is 4.34 Å². The molecule has 0 radical (unpaired) electrons. The van der Waals surface area contributed by atoms with Gasteiger partial charge in [0, 0.05) is 13.0 Å². The number of carbonyl (C=O) groups is 1. The van der Waals surface area contributed by atoms with E-state index in [2.05, 4.69) is 20.5 Å². The van der Waals surface area contributed by atoms with Gasteiger partial charge in [-0.3, -0.25) is 14.2 Å². The molecular formula is C17H19N5O2S2. The number of fused-ring (bicyclic) bond motifs is 1. The predicted octanol–water partition coefficient (Wildman–Crippen LogP) is 3.09. The molecule has 3 aromatic rings. The molecule has 26 heavy (non-hydrogen) atoms. The van der Waals surface area contributed by atoms with Gasteiger partial charge >= 0.3 is 0 Å². The second-order valence-electron chi connectivity index (χ2n) is 5.67. The molecule has 0 aliphatic heterocycles. The molecule has 3 rings (SSSR count). The molecule has 1 amide bonds. The lowest BCUT2D eigenvalue weighted by Crippen LogP contribution is -2.22. The van der Waals surface area contributed by atoms with E-state index in [0.717, 1.165) is 21.2 Å². The lowest BCUT2D eigenvalue weighted by molar-refractivity contribution is -0.116. The van der Waals surface area contributed by atoms with E-state index in [4.69, 9.17) is 0 Å². The fourth-order valence-electron chi connectivity index (χ4n) is 2.53. The lowest BCUT2D eigenvalue weighted by Gasteiger charge is -2.07. The van der Waals surface area contributed by atoms with Crippen molar-refractivity contribution < 1.29 is 4.79 Å². The number of nitrogens with one attached hydrogen (secondary N) is 1. The number of carbonyl (C=O) groups excluding carboxylic acids is 1. The van der Waals surface area contributed by atoms with Gasteiger partial charge in [0.05, 0.1) is 17.2 Å². The third kappa shape index (κ3) is 4.28. The van der Waals surface area contributed by atoms with Crippen molar-refractivity contribution in [3.8, 4) is 0 Å². The maximum absolute atomic E-state index is 12.5. The van der Waals surface area contributed by atoms with Crippen LogP contribution in [0.5, 0.6) is 0 Å². The van der Waals surface area contributed by atoms with Crippen LogP contribution in [0, 0.1) is 6.92 Å². The summed E-state index contributed by atoms with van der Waals surface area (Å²) in [5, 5.41) is 11.8. The van der Waals surface area contributed by atoms with Gasteiger partial charge in [-0.2, -0.15) is 0 Å². The first-order valence-electron chi connectivity index (χ1n) is 8.29. The molecule has 7 nitrogen and oxygen atoms in total. The monoisotopic (exact) mass is 389 g/mol. The molecule has 136 valence electrons. The summed E-state index contributed by atoms with van der Waals surface area (Å²) in [7, 11) is 0. The van der Waals surface area contributed by atoms with Crippen LogP contribution in [0.4, 0.5) is 5.13 Å². The van der Waals surface area contributed by atoms with Crippen LogP contribution in [0.1, 0.15) is 25.3 Å². The molecule has 0 aliphatic carbocycles. The highest BCUT2D eigenvalue weighted by Gasteiger charge is 2.09. The average molecular weight is 390 g/mol. The minimum Gasteiger partial charge on any atom is -0.301 e. The first-order valence-corrected chi connectivity index (χ1v) is 10.1. The highest BCUT2D eigenvalue weighted by atomic mass is 32.2. The van der Waals surface area contributed by atoms with E-state index in [1.54, 1.807) is 28.7 Å². The van der Waals surface area contributed by atoms with Gasteiger partial charge in [-0.15, -0.1) is 10.2 Å². The van der Waals surface area contributed by atoms with E-state index in [1.165, 1.54) is 11.3 Å². The zero-order valence-corrected chi connectivity index (χ0v) is 16.2. The first-order chi connectivity index (χ1) is 12.6. The zero-order valence-electron chi connectivity index (χ0n) is 14.6. The van der Waals surface area contributed by atoms with Gasteiger partial charge < -0.3 is 5.32 Å². The number of aryl methyl sites for hydroxylation is 2. The molecule has 0 saturated heterocycles. The molecule has 0 saturated carbocycles. The minimum atomic E-state index is -0.133. The van der Waals surface area contributed by atoms with Crippen LogP contribution < -0.4 is 10.9 Å². The second-order valence-corrected chi connectivity index (χ2v) is 8.16. The largest absolute Gasteiger partial charge is 0.301 e. The summed E-state index contributed by atoms with van der Waals surface area (Å²) in [5.74, 6) is 0.781. The molecule has 0 spiro atoms. The Hall–Kier alpha value is -2.26. The molecule has 0 atom stereocenters. The minimum absolute atomic E-state index is 0.0792. The summed E-state index contributed by atoms with van der Waals surface area (Å²) < 4.78 is 2.39. The van der Waals surface area contributed by atoms with Crippen molar-refractivity contribution in [3.63, 3.8) is 0 Å². The van der Waals surface area contributed by atoms with Crippen molar-refractivity contribution in [2.45, 2.75) is 37.6 Å². The molecule has 9 heteroatoms. The number of aromatic nitrogens is 4. The van der Waals surface area contributed by atoms with Gasteiger partial charge in [-0.25, -0.2) is 4.98 Å². The highest BCUT2D eigenvalue weighted by molar-refractivity contribution is 8.01. The van der Waals surface area contributed by atoms with Gasteiger partial charge in [0.1, 0.15) is 0 Å². The van der Waals surface area contributed by atoms with E-state index in [0.29, 0.717) is 29.9 Å². The maximum Gasteiger partial charge on any atom is 0.261 e. The van der Waals surface area contributed by atoms with Crippen LogP contribution in [0.3, 0.4) is 0 Å². The highest BCUT2D eigenvalue weighted by Crippen LogP contribution is 2.25. The van der Waals surface area contributed by atoms with Crippen molar-refractivity contribution in [1.29, 1.82) is 0 Å². The number of benzene rings is 1. The maximum atomic E-state index is 12.5. The third-order valence-electron chi connectivity index (χ3n) is 3.78. The quantitative estimate of drug-likeness (QED) is 0.493. The molecule has 2 heterocycles. The van der Waals surface area contributed by atoms with Crippen LogP contribution in [0.25, 0.3) is 10.9 Å². The Bertz CT molecular complexity index is 983. The number of anilines is 1. The Morgan fingerprint density at radius 3 is 3.00 bits per heavy atom. The number of nitrogens with zero attached hydrogens (tertiary/aromatic N) is 4.